The van der Waals surface area contributed by atoms with Crippen molar-refractivity contribution in [1.29, 1.82) is 0 Å². The quantitative estimate of drug-likeness (QED) is 0.640. The molecule has 2 aromatic rings. The van der Waals surface area contributed by atoms with E-state index in [9.17, 15) is 24.1 Å². The van der Waals surface area contributed by atoms with Crippen molar-refractivity contribution in [2.75, 3.05) is 13.1 Å². The van der Waals surface area contributed by atoms with E-state index in [1.54, 1.807) is 17.9 Å². The molecule has 0 radical (unpaired) electrons. The molecule has 0 aliphatic carbocycles. The summed E-state index contributed by atoms with van der Waals surface area (Å²) in [6.45, 7) is 2.41. The molecule has 1 aliphatic heterocycles. The Morgan fingerprint density at radius 1 is 1.30 bits per heavy atom. The van der Waals surface area contributed by atoms with E-state index in [4.69, 9.17) is 0 Å². The van der Waals surface area contributed by atoms with Crippen LogP contribution in [0.5, 0.6) is 0 Å². The number of nitro groups is 1. The van der Waals surface area contributed by atoms with Crippen molar-refractivity contribution >= 4 is 28.8 Å². The predicted molar refractivity (Wildman–Crippen MR) is 98.5 cm³/mol. The Balaban J connectivity index is 1.57. The number of carbonyl (C=O) groups is 2. The van der Waals surface area contributed by atoms with Crippen LogP contribution in [0.4, 0.5) is 10.1 Å². The fraction of sp³-hybridized carbons (Fsp3) is 0.333. The lowest BCUT2D eigenvalue weighted by Gasteiger charge is -2.32. The molecular weight excluding hydrogens is 373 g/mol. The Kier molecular flexibility index (Phi) is 5.50. The topological polar surface area (TPSA) is 92.6 Å². The van der Waals surface area contributed by atoms with Crippen LogP contribution < -0.4 is 5.32 Å². The van der Waals surface area contributed by atoms with Crippen LogP contribution in [-0.2, 0) is 0 Å². The third-order valence-corrected chi connectivity index (χ3v) is 5.57. The number of amides is 2. The third-order valence-electron chi connectivity index (χ3n) is 4.53. The molecule has 9 heteroatoms. The molecule has 0 unspecified atom stereocenters. The van der Waals surface area contributed by atoms with E-state index in [1.807, 2.05) is 0 Å². The zero-order valence-corrected chi connectivity index (χ0v) is 15.4. The lowest BCUT2D eigenvalue weighted by atomic mass is 10.0. The normalized spacial score (nSPS) is 14.8. The number of aryl methyl sites for hydroxylation is 1. The van der Waals surface area contributed by atoms with E-state index in [1.165, 1.54) is 24.3 Å². The summed E-state index contributed by atoms with van der Waals surface area (Å²) in [6, 6.07) is 7.01. The highest BCUT2D eigenvalue weighted by Crippen LogP contribution is 2.28. The van der Waals surface area contributed by atoms with Crippen molar-refractivity contribution in [2.45, 2.75) is 25.8 Å². The van der Waals surface area contributed by atoms with E-state index < -0.39 is 10.7 Å². The lowest BCUT2D eigenvalue weighted by molar-refractivity contribution is -0.385. The van der Waals surface area contributed by atoms with Crippen LogP contribution in [0.2, 0.25) is 0 Å². The number of benzene rings is 1. The highest BCUT2D eigenvalue weighted by molar-refractivity contribution is 7.14. The maximum absolute atomic E-state index is 13.8. The molecule has 0 atom stereocenters. The number of piperidine rings is 1. The first kappa shape index (κ1) is 19.0. The average Bonchev–Trinajstić information content (AvgIpc) is 3.04. The Morgan fingerprint density at radius 2 is 1.96 bits per heavy atom. The van der Waals surface area contributed by atoms with Crippen molar-refractivity contribution in [3.8, 4) is 0 Å². The lowest BCUT2D eigenvalue weighted by Crippen LogP contribution is -2.46. The van der Waals surface area contributed by atoms with E-state index >= 15 is 0 Å². The second-order valence-electron chi connectivity index (χ2n) is 6.33. The smallest absolute Gasteiger partial charge is 0.283 e. The van der Waals surface area contributed by atoms with E-state index in [0.29, 0.717) is 35.7 Å². The average molecular weight is 391 g/mol. The predicted octanol–water partition coefficient (Wildman–Crippen LogP) is 3.14. The fourth-order valence-corrected chi connectivity index (χ4v) is 3.94. The van der Waals surface area contributed by atoms with Crippen LogP contribution in [0, 0.1) is 22.9 Å². The number of hydrogen-bond acceptors (Lipinski definition) is 5. The first-order valence-corrected chi connectivity index (χ1v) is 9.28. The molecule has 1 saturated heterocycles. The molecule has 0 saturated carbocycles. The molecular formula is C18H18FN3O4S. The van der Waals surface area contributed by atoms with Crippen molar-refractivity contribution in [2.24, 2.45) is 0 Å². The number of likely N-dealkylation sites (tertiary alicyclic amines) is 1. The fourth-order valence-electron chi connectivity index (χ4n) is 3.05. The van der Waals surface area contributed by atoms with Gasteiger partial charge in [-0.15, -0.1) is 11.3 Å². The minimum absolute atomic E-state index is 0.0429. The number of halogens is 1. The van der Waals surface area contributed by atoms with Crippen LogP contribution >= 0.6 is 11.3 Å². The Bertz CT molecular complexity index is 890. The van der Waals surface area contributed by atoms with Crippen LogP contribution in [0.1, 0.15) is 37.7 Å². The van der Waals surface area contributed by atoms with Crippen molar-refractivity contribution < 1.29 is 18.9 Å². The second-order valence-corrected chi connectivity index (χ2v) is 7.59. The summed E-state index contributed by atoms with van der Waals surface area (Å²) < 4.78 is 13.8. The molecule has 0 bridgehead atoms. The van der Waals surface area contributed by atoms with Gasteiger partial charge in [0, 0.05) is 25.2 Å². The maximum Gasteiger partial charge on any atom is 0.283 e. The Morgan fingerprint density at radius 3 is 2.56 bits per heavy atom. The van der Waals surface area contributed by atoms with Crippen LogP contribution in [0.3, 0.4) is 0 Å². The number of nitrogens with zero attached hydrogens (tertiary/aromatic N) is 2. The van der Waals surface area contributed by atoms with Crippen LogP contribution in [-0.4, -0.2) is 40.8 Å². The minimum atomic E-state index is -0.549. The van der Waals surface area contributed by atoms with Gasteiger partial charge in [0.25, 0.3) is 17.5 Å². The SMILES string of the molecule is Cc1sc(C(=O)NC2CCN(C(=O)c3ccccc3F)CC2)cc1[N+](=O)[O-]. The summed E-state index contributed by atoms with van der Waals surface area (Å²) >= 11 is 1.08. The van der Waals surface area contributed by atoms with Gasteiger partial charge < -0.3 is 10.2 Å². The van der Waals surface area contributed by atoms with Crippen LogP contribution in [0.25, 0.3) is 0 Å². The van der Waals surface area contributed by atoms with Gasteiger partial charge in [0.15, 0.2) is 0 Å². The Hall–Kier alpha value is -2.81. The molecule has 3 rings (SSSR count). The van der Waals surface area contributed by atoms with Gasteiger partial charge in [-0.1, -0.05) is 12.1 Å². The van der Waals surface area contributed by atoms with Gasteiger partial charge in [-0.3, -0.25) is 19.7 Å². The molecule has 142 valence electrons. The third kappa shape index (κ3) is 4.13. The molecule has 1 aromatic carbocycles. The zero-order chi connectivity index (χ0) is 19.6. The highest BCUT2D eigenvalue weighted by atomic mass is 32.1. The first-order chi connectivity index (χ1) is 12.9. The first-order valence-electron chi connectivity index (χ1n) is 8.46. The number of carbonyl (C=O) groups excluding carboxylic acids is 2. The summed E-state index contributed by atoms with van der Waals surface area (Å²) in [7, 11) is 0. The molecule has 2 amide bonds. The molecule has 1 fully saturated rings. The van der Waals surface area contributed by atoms with Crippen LogP contribution in [0.15, 0.2) is 30.3 Å². The number of hydrogen-bond donors (Lipinski definition) is 1. The van der Waals surface area contributed by atoms with Gasteiger partial charge in [0.05, 0.1) is 20.2 Å². The van der Waals surface area contributed by atoms with Gasteiger partial charge in [-0.2, -0.15) is 0 Å². The van der Waals surface area contributed by atoms with Crippen molar-refractivity contribution in [3.05, 3.63) is 61.6 Å². The van der Waals surface area contributed by atoms with Gasteiger partial charge in [-0.05, 0) is 31.9 Å². The molecule has 1 aliphatic rings. The summed E-state index contributed by atoms with van der Waals surface area (Å²) in [4.78, 5) is 37.5. The zero-order valence-electron chi connectivity index (χ0n) is 14.6. The minimum Gasteiger partial charge on any atom is -0.348 e. The summed E-state index contributed by atoms with van der Waals surface area (Å²) in [5.74, 6) is -1.26. The van der Waals surface area contributed by atoms with Crippen molar-refractivity contribution in [1.82, 2.24) is 10.2 Å². The molecule has 0 spiro atoms. The van der Waals surface area contributed by atoms with Gasteiger partial charge in [0.1, 0.15) is 5.82 Å². The van der Waals surface area contributed by atoms with Gasteiger partial charge in [-0.25, -0.2) is 4.39 Å². The molecule has 1 aromatic heterocycles. The highest BCUT2D eigenvalue weighted by Gasteiger charge is 2.27. The van der Waals surface area contributed by atoms with E-state index in [0.717, 1.165) is 11.3 Å². The Labute approximate surface area is 158 Å². The molecule has 27 heavy (non-hydrogen) atoms. The number of thiophene rings is 1. The summed E-state index contributed by atoms with van der Waals surface area (Å²) in [5, 5.41) is 13.8. The summed E-state index contributed by atoms with van der Waals surface area (Å²) in [5.41, 5.74) is -0.0168. The monoisotopic (exact) mass is 391 g/mol. The molecule has 7 nitrogen and oxygen atoms in total. The molecule has 1 N–H and O–H groups in total. The molecule has 2 heterocycles. The maximum atomic E-state index is 13.8. The second kappa shape index (κ2) is 7.83. The number of rotatable bonds is 4. The van der Waals surface area contributed by atoms with Crippen molar-refractivity contribution in [3.63, 3.8) is 0 Å². The van der Waals surface area contributed by atoms with Gasteiger partial charge in [0.2, 0.25) is 0 Å². The van der Waals surface area contributed by atoms with E-state index in [2.05, 4.69) is 5.32 Å². The summed E-state index contributed by atoms with van der Waals surface area (Å²) in [6.07, 6.45) is 1.08. The van der Waals surface area contributed by atoms with Gasteiger partial charge >= 0.3 is 0 Å². The number of nitrogens with one attached hydrogen (secondary N) is 1. The largest absolute Gasteiger partial charge is 0.348 e. The van der Waals surface area contributed by atoms with E-state index in [-0.39, 0.29) is 29.1 Å². The standard InChI is InChI=1S/C18H18FN3O4S/c1-11-15(22(25)26)10-16(27-11)17(23)20-12-6-8-21(9-7-12)18(24)13-4-2-3-5-14(13)19/h2-5,10,12H,6-9H2,1H3,(H,20,23).